The number of fused-ring (bicyclic) bond motifs is 1. The second-order valence-electron chi connectivity index (χ2n) is 10.2. The molecule has 0 radical (unpaired) electrons. The molecule has 0 bridgehead atoms. The first kappa shape index (κ1) is 27.0. The number of aromatic amines is 1. The maximum absolute atomic E-state index is 13.0. The van der Waals surface area contributed by atoms with E-state index in [9.17, 15) is 9.59 Å². The molecule has 1 aliphatic carbocycles. The lowest BCUT2D eigenvalue weighted by Crippen LogP contribution is -2.28. The first-order valence-electron chi connectivity index (χ1n) is 13.5. The van der Waals surface area contributed by atoms with Gasteiger partial charge in [0, 0.05) is 42.8 Å². The van der Waals surface area contributed by atoms with Gasteiger partial charge in [0.25, 0.3) is 11.5 Å². The second kappa shape index (κ2) is 12.0. The van der Waals surface area contributed by atoms with E-state index in [1.165, 1.54) is 0 Å². The summed E-state index contributed by atoms with van der Waals surface area (Å²) in [7, 11) is 2.15. The first-order chi connectivity index (χ1) is 19.4. The molecule has 9 heteroatoms. The average Bonchev–Trinajstić information content (AvgIpc) is 3.32. The second-order valence-corrected chi connectivity index (χ2v) is 10.2. The zero-order valence-corrected chi connectivity index (χ0v) is 22.6. The van der Waals surface area contributed by atoms with Crippen LogP contribution in [0.5, 0.6) is 0 Å². The fourth-order valence-corrected chi connectivity index (χ4v) is 5.01. The summed E-state index contributed by atoms with van der Waals surface area (Å²) >= 11 is 0. The third kappa shape index (κ3) is 6.16. The van der Waals surface area contributed by atoms with E-state index in [4.69, 9.17) is 11.5 Å². The van der Waals surface area contributed by atoms with Gasteiger partial charge >= 0.3 is 0 Å². The predicted octanol–water partition coefficient (Wildman–Crippen LogP) is 2.76. The smallest absolute Gasteiger partial charge is 0.261 e. The molecule has 2 heterocycles. The highest BCUT2D eigenvalue weighted by Crippen LogP contribution is 2.23. The van der Waals surface area contributed by atoms with Gasteiger partial charge in [-0.05, 0) is 55.9 Å². The Balaban J connectivity index is 1.36. The highest BCUT2D eigenvalue weighted by Gasteiger charge is 2.18. The van der Waals surface area contributed by atoms with Crippen LogP contribution < -0.4 is 22.3 Å². The summed E-state index contributed by atoms with van der Waals surface area (Å²) in [6, 6.07) is 14.3. The number of allylic oxidation sites excluding steroid dienone is 3. The highest BCUT2D eigenvalue weighted by molar-refractivity contribution is 6.09. The quantitative estimate of drug-likeness (QED) is 0.282. The number of anilines is 1. The number of nitrogen functional groups attached to an aromatic ring is 1. The number of amidine groups is 1. The van der Waals surface area contributed by atoms with Crippen molar-refractivity contribution in [1.82, 2.24) is 20.1 Å². The summed E-state index contributed by atoms with van der Waals surface area (Å²) < 4.78 is 0. The number of rotatable bonds is 6. The normalized spacial score (nSPS) is 18.3. The van der Waals surface area contributed by atoms with Gasteiger partial charge in [-0.25, -0.2) is 0 Å². The molecule has 40 heavy (non-hydrogen) atoms. The number of carbonyl (C=O) groups excluding carboxylic acids is 1. The standard InChI is InChI=1S/C31H35N7O2/c1-37-15-6-16-38(18-17-37)24-10-5-9-23(12-13-24)35-29(33)27-28(32)25-19-22(11-14-26(25)36-31(27)40)30(39)34-20-21-7-3-2-4-8-21/h2-5,7-14,19,23H,6,15-18,20H2,1H3,(H2,33,35)(H,34,39)(H3,32,36,40). The van der Waals surface area contributed by atoms with Gasteiger partial charge in [0.1, 0.15) is 11.4 Å². The number of nitrogens with zero attached hydrogens (tertiary/aromatic N) is 3. The van der Waals surface area contributed by atoms with Crippen LogP contribution in [0.3, 0.4) is 0 Å². The van der Waals surface area contributed by atoms with Crippen molar-refractivity contribution in [2.75, 3.05) is 39.0 Å². The molecule has 1 amide bonds. The SMILES string of the molecule is CN1CCCN(C2=CC=CC(N=C(N)c3c(N)c4cc(C(=O)NCc5ccccc5)ccc4[nH]c3=O)C=C2)CC1. The van der Waals surface area contributed by atoms with Gasteiger partial charge in [-0.2, -0.15) is 0 Å². The van der Waals surface area contributed by atoms with Crippen LogP contribution in [0, 0.1) is 0 Å². The molecule has 1 aliphatic heterocycles. The average molecular weight is 538 g/mol. The molecule has 1 aromatic heterocycles. The van der Waals surface area contributed by atoms with Crippen LogP contribution in [0.1, 0.15) is 27.9 Å². The number of H-pyrrole nitrogens is 1. The number of hydrogen-bond acceptors (Lipinski definition) is 6. The monoisotopic (exact) mass is 537 g/mol. The van der Waals surface area contributed by atoms with Gasteiger partial charge in [0.2, 0.25) is 0 Å². The van der Waals surface area contributed by atoms with E-state index in [1.807, 2.05) is 48.6 Å². The van der Waals surface area contributed by atoms with Crippen LogP contribution in [0.4, 0.5) is 5.69 Å². The molecule has 5 rings (SSSR count). The zero-order chi connectivity index (χ0) is 28.1. The Bertz CT molecular complexity index is 1570. The van der Waals surface area contributed by atoms with E-state index in [0.717, 1.165) is 43.9 Å². The van der Waals surface area contributed by atoms with Crippen molar-refractivity contribution in [2.45, 2.75) is 19.0 Å². The number of nitrogens with one attached hydrogen (secondary N) is 2. The molecule has 1 atom stereocenters. The van der Waals surface area contributed by atoms with Crippen LogP contribution in [0.2, 0.25) is 0 Å². The molecule has 9 nitrogen and oxygen atoms in total. The van der Waals surface area contributed by atoms with Crippen LogP contribution in [-0.2, 0) is 6.54 Å². The number of pyridine rings is 1. The third-order valence-electron chi connectivity index (χ3n) is 7.28. The molecular formula is C31H35N7O2. The van der Waals surface area contributed by atoms with Crippen molar-refractivity contribution < 1.29 is 4.79 Å². The lowest BCUT2D eigenvalue weighted by Gasteiger charge is -2.23. The highest BCUT2D eigenvalue weighted by atomic mass is 16.1. The van der Waals surface area contributed by atoms with Crippen LogP contribution in [0.25, 0.3) is 10.9 Å². The molecule has 6 N–H and O–H groups in total. The van der Waals surface area contributed by atoms with E-state index in [2.05, 4.69) is 44.3 Å². The topological polar surface area (TPSA) is 133 Å². The molecular weight excluding hydrogens is 502 g/mol. The van der Waals surface area contributed by atoms with Crippen molar-refractivity contribution in [3.8, 4) is 0 Å². The minimum absolute atomic E-state index is 0.0405. The molecule has 0 spiro atoms. The Morgan fingerprint density at radius 1 is 1.10 bits per heavy atom. The number of likely N-dealkylation sites (N-methyl/N-ethyl adjacent to an activating group) is 1. The number of aromatic nitrogens is 1. The van der Waals surface area contributed by atoms with Crippen LogP contribution in [0.15, 0.2) is 94.4 Å². The van der Waals surface area contributed by atoms with E-state index in [-0.39, 0.29) is 29.0 Å². The predicted molar refractivity (Wildman–Crippen MR) is 161 cm³/mol. The number of carbonyl (C=O) groups is 1. The lowest BCUT2D eigenvalue weighted by atomic mass is 10.1. The zero-order valence-electron chi connectivity index (χ0n) is 22.6. The van der Waals surface area contributed by atoms with E-state index in [0.29, 0.717) is 23.0 Å². The maximum atomic E-state index is 13.0. The lowest BCUT2D eigenvalue weighted by molar-refractivity contribution is 0.0951. The largest absolute Gasteiger partial charge is 0.397 e. The van der Waals surface area contributed by atoms with Crippen LogP contribution in [-0.4, -0.2) is 65.8 Å². The van der Waals surface area contributed by atoms with Gasteiger partial charge in [-0.15, -0.1) is 0 Å². The Labute approximate surface area is 233 Å². The van der Waals surface area contributed by atoms with E-state index >= 15 is 0 Å². The minimum Gasteiger partial charge on any atom is -0.397 e. The Morgan fingerprint density at radius 3 is 2.75 bits per heavy atom. The summed E-state index contributed by atoms with van der Waals surface area (Å²) in [5.74, 6) is -0.202. The van der Waals surface area contributed by atoms with Gasteiger partial charge in [-0.3, -0.25) is 14.6 Å². The van der Waals surface area contributed by atoms with Crippen molar-refractivity contribution in [2.24, 2.45) is 10.7 Å². The van der Waals surface area contributed by atoms with Crippen molar-refractivity contribution >= 4 is 28.3 Å². The van der Waals surface area contributed by atoms with Crippen molar-refractivity contribution in [3.05, 3.63) is 112 Å². The maximum Gasteiger partial charge on any atom is 0.261 e. The summed E-state index contributed by atoms with van der Waals surface area (Å²) in [6.07, 6.45) is 11.1. The van der Waals surface area contributed by atoms with E-state index < -0.39 is 5.56 Å². The van der Waals surface area contributed by atoms with Gasteiger partial charge in [0.15, 0.2) is 0 Å². The Morgan fingerprint density at radius 2 is 1.93 bits per heavy atom. The molecule has 1 fully saturated rings. The molecule has 3 aromatic rings. The van der Waals surface area contributed by atoms with Gasteiger partial charge < -0.3 is 31.6 Å². The van der Waals surface area contributed by atoms with Crippen LogP contribution >= 0.6 is 0 Å². The fourth-order valence-electron chi connectivity index (χ4n) is 5.01. The van der Waals surface area contributed by atoms with Gasteiger partial charge in [0.05, 0.1) is 17.2 Å². The van der Waals surface area contributed by atoms with Crippen molar-refractivity contribution in [3.63, 3.8) is 0 Å². The number of benzene rings is 2. The molecule has 1 unspecified atom stereocenters. The van der Waals surface area contributed by atoms with Crippen molar-refractivity contribution in [1.29, 1.82) is 0 Å². The molecule has 0 saturated carbocycles. The summed E-state index contributed by atoms with van der Waals surface area (Å²) in [5.41, 5.74) is 15.8. The number of nitrogens with two attached hydrogens (primary N) is 2. The minimum atomic E-state index is -0.429. The molecule has 206 valence electrons. The summed E-state index contributed by atoms with van der Waals surface area (Å²) in [4.78, 5) is 38.0. The first-order valence-corrected chi connectivity index (χ1v) is 13.5. The third-order valence-corrected chi connectivity index (χ3v) is 7.28. The van der Waals surface area contributed by atoms with E-state index in [1.54, 1.807) is 18.2 Å². The Hall–Kier alpha value is -4.63. The molecule has 1 saturated heterocycles. The Kier molecular flexibility index (Phi) is 8.12. The summed E-state index contributed by atoms with van der Waals surface area (Å²) in [6.45, 7) is 4.47. The van der Waals surface area contributed by atoms with Gasteiger partial charge in [-0.1, -0.05) is 48.6 Å². The number of aliphatic imine (C=N–C) groups is 1. The molecule has 2 aliphatic rings. The fraction of sp³-hybridized carbons (Fsp3) is 0.258. The summed E-state index contributed by atoms with van der Waals surface area (Å²) in [5, 5.41) is 3.44. The molecule has 2 aromatic carbocycles. The number of amides is 1. The number of hydrogen-bond donors (Lipinski definition) is 4.